The lowest BCUT2D eigenvalue weighted by molar-refractivity contribution is 0.939. The van der Waals surface area contributed by atoms with Gasteiger partial charge in [0.25, 0.3) is 0 Å². The van der Waals surface area contributed by atoms with Gasteiger partial charge in [0.05, 0.1) is 5.52 Å². The zero-order valence-electron chi connectivity index (χ0n) is 8.56. The molecule has 3 heteroatoms. The third-order valence-corrected chi connectivity index (χ3v) is 2.93. The van der Waals surface area contributed by atoms with Crippen LogP contribution in [-0.4, -0.2) is 23.1 Å². The van der Waals surface area contributed by atoms with Crippen LogP contribution in [0.1, 0.15) is 12.8 Å². The van der Waals surface area contributed by atoms with Gasteiger partial charge in [-0.1, -0.05) is 12.1 Å². The first-order valence-corrected chi connectivity index (χ1v) is 5.40. The topological polar surface area (TPSA) is 29.0 Å². The molecule has 1 aliphatic rings. The molecule has 0 N–H and O–H groups in total. The van der Waals surface area contributed by atoms with E-state index in [1.54, 1.807) is 6.33 Å². The molecule has 0 spiro atoms. The number of anilines is 1. The number of rotatable bonds is 1. The first-order valence-electron chi connectivity index (χ1n) is 5.40. The van der Waals surface area contributed by atoms with Gasteiger partial charge in [0, 0.05) is 18.5 Å². The van der Waals surface area contributed by atoms with Crippen molar-refractivity contribution in [2.75, 3.05) is 18.0 Å². The SMILES string of the molecule is c1ccc2c(N3CCCC3)ncnc2c1. The van der Waals surface area contributed by atoms with Crippen LogP contribution in [-0.2, 0) is 0 Å². The van der Waals surface area contributed by atoms with Crippen molar-refractivity contribution in [2.24, 2.45) is 0 Å². The molecule has 3 rings (SSSR count). The summed E-state index contributed by atoms with van der Waals surface area (Å²) in [5, 5.41) is 1.17. The zero-order chi connectivity index (χ0) is 10.1. The minimum atomic E-state index is 1.04. The summed E-state index contributed by atoms with van der Waals surface area (Å²) in [5.74, 6) is 1.10. The predicted molar refractivity (Wildman–Crippen MR) is 61.0 cm³/mol. The normalized spacial score (nSPS) is 16.1. The monoisotopic (exact) mass is 199 g/mol. The van der Waals surface area contributed by atoms with Crippen LogP contribution < -0.4 is 4.90 Å². The Kier molecular flexibility index (Phi) is 2.02. The van der Waals surface area contributed by atoms with E-state index >= 15 is 0 Å². The summed E-state index contributed by atoms with van der Waals surface area (Å²) in [6, 6.07) is 8.20. The molecule has 0 radical (unpaired) electrons. The highest BCUT2D eigenvalue weighted by Crippen LogP contribution is 2.25. The van der Waals surface area contributed by atoms with Crippen LogP contribution in [0.15, 0.2) is 30.6 Å². The number of hydrogen-bond donors (Lipinski definition) is 0. The molecule has 3 nitrogen and oxygen atoms in total. The van der Waals surface area contributed by atoms with Gasteiger partial charge in [0.2, 0.25) is 0 Å². The summed E-state index contributed by atoms with van der Waals surface area (Å²) in [4.78, 5) is 11.0. The number of aromatic nitrogens is 2. The molecule has 1 aliphatic heterocycles. The average molecular weight is 199 g/mol. The van der Waals surface area contributed by atoms with Crippen LogP contribution >= 0.6 is 0 Å². The molecule has 1 saturated heterocycles. The Hall–Kier alpha value is -1.64. The minimum Gasteiger partial charge on any atom is -0.356 e. The van der Waals surface area contributed by atoms with Crippen LogP contribution in [0.4, 0.5) is 5.82 Å². The first kappa shape index (κ1) is 8.65. The Morgan fingerprint density at radius 3 is 2.67 bits per heavy atom. The summed E-state index contributed by atoms with van der Waals surface area (Å²) in [5.41, 5.74) is 1.04. The molecule has 2 aromatic rings. The van der Waals surface area contributed by atoms with Crippen LogP contribution in [0.5, 0.6) is 0 Å². The molecule has 2 heterocycles. The highest BCUT2D eigenvalue weighted by atomic mass is 15.2. The number of nitrogens with zero attached hydrogens (tertiary/aromatic N) is 3. The molecule has 15 heavy (non-hydrogen) atoms. The molecule has 1 aromatic heterocycles. The first-order chi connectivity index (χ1) is 7.45. The van der Waals surface area contributed by atoms with Gasteiger partial charge in [-0.3, -0.25) is 0 Å². The molecule has 0 unspecified atom stereocenters. The Balaban J connectivity index is 2.16. The lowest BCUT2D eigenvalue weighted by atomic mass is 10.2. The van der Waals surface area contributed by atoms with Gasteiger partial charge in [-0.2, -0.15) is 0 Å². The van der Waals surface area contributed by atoms with Crippen molar-refractivity contribution in [3.8, 4) is 0 Å². The van der Waals surface area contributed by atoms with E-state index < -0.39 is 0 Å². The average Bonchev–Trinajstić information content (AvgIpc) is 2.82. The van der Waals surface area contributed by atoms with Crippen LogP contribution in [0.3, 0.4) is 0 Å². The zero-order valence-corrected chi connectivity index (χ0v) is 8.56. The van der Waals surface area contributed by atoms with E-state index in [1.807, 2.05) is 18.2 Å². The number of fused-ring (bicyclic) bond motifs is 1. The Labute approximate surface area is 88.8 Å². The van der Waals surface area contributed by atoms with Gasteiger partial charge in [-0.05, 0) is 25.0 Å². The summed E-state index contributed by atoms with van der Waals surface area (Å²) in [6.07, 6.45) is 4.21. The quantitative estimate of drug-likeness (QED) is 0.705. The third kappa shape index (κ3) is 1.44. The lowest BCUT2D eigenvalue weighted by Crippen LogP contribution is -2.19. The van der Waals surface area contributed by atoms with Crippen molar-refractivity contribution in [2.45, 2.75) is 12.8 Å². The van der Waals surface area contributed by atoms with Gasteiger partial charge in [0.1, 0.15) is 12.1 Å². The molecule has 76 valence electrons. The van der Waals surface area contributed by atoms with E-state index in [9.17, 15) is 0 Å². The summed E-state index contributed by atoms with van der Waals surface area (Å²) >= 11 is 0. The van der Waals surface area contributed by atoms with E-state index in [2.05, 4.69) is 20.9 Å². The van der Waals surface area contributed by atoms with Gasteiger partial charge in [-0.15, -0.1) is 0 Å². The second-order valence-electron chi connectivity index (χ2n) is 3.91. The van der Waals surface area contributed by atoms with Crippen molar-refractivity contribution in [3.05, 3.63) is 30.6 Å². The van der Waals surface area contributed by atoms with Crippen molar-refractivity contribution >= 4 is 16.7 Å². The lowest BCUT2D eigenvalue weighted by Gasteiger charge is -2.17. The summed E-state index contributed by atoms with van der Waals surface area (Å²) < 4.78 is 0. The minimum absolute atomic E-state index is 1.04. The number of benzene rings is 1. The van der Waals surface area contributed by atoms with Crippen LogP contribution in [0, 0.1) is 0 Å². The highest BCUT2D eigenvalue weighted by molar-refractivity contribution is 5.89. The van der Waals surface area contributed by atoms with E-state index in [1.165, 1.54) is 18.2 Å². The molecular weight excluding hydrogens is 186 g/mol. The maximum atomic E-state index is 4.40. The Morgan fingerprint density at radius 1 is 1.00 bits per heavy atom. The van der Waals surface area contributed by atoms with Crippen molar-refractivity contribution in [3.63, 3.8) is 0 Å². The Morgan fingerprint density at radius 2 is 1.80 bits per heavy atom. The van der Waals surface area contributed by atoms with Gasteiger partial charge in [0.15, 0.2) is 0 Å². The molecule has 0 amide bonds. The van der Waals surface area contributed by atoms with Gasteiger partial charge >= 0.3 is 0 Å². The van der Waals surface area contributed by atoms with Crippen LogP contribution in [0.25, 0.3) is 10.9 Å². The van der Waals surface area contributed by atoms with E-state index in [-0.39, 0.29) is 0 Å². The van der Waals surface area contributed by atoms with Gasteiger partial charge in [-0.25, -0.2) is 9.97 Å². The molecule has 0 saturated carbocycles. The van der Waals surface area contributed by atoms with Crippen LogP contribution in [0.2, 0.25) is 0 Å². The van der Waals surface area contributed by atoms with E-state index in [4.69, 9.17) is 0 Å². The molecule has 1 fully saturated rings. The fraction of sp³-hybridized carbons (Fsp3) is 0.333. The molecule has 0 bridgehead atoms. The standard InChI is InChI=1S/C12H13N3/c1-2-6-11-10(5-1)12(14-9-13-11)15-7-3-4-8-15/h1-2,5-6,9H,3-4,7-8H2. The smallest absolute Gasteiger partial charge is 0.139 e. The van der Waals surface area contributed by atoms with E-state index in [0.29, 0.717) is 0 Å². The third-order valence-electron chi connectivity index (χ3n) is 2.93. The van der Waals surface area contributed by atoms with Gasteiger partial charge < -0.3 is 4.90 Å². The number of hydrogen-bond acceptors (Lipinski definition) is 3. The molecular formula is C12H13N3. The maximum Gasteiger partial charge on any atom is 0.139 e. The number of para-hydroxylation sites is 1. The van der Waals surface area contributed by atoms with Crippen molar-refractivity contribution < 1.29 is 0 Å². The largest absolute Gasteiger partial charge is 0.356 e. The Bertz CT molecular complexity index is 470. The van der Waals surface area contributed by atoms with Crippen molar-refractivity contribution in [1.29, 1.82) is 0 Å². The molecule has 1 aromatic carbocycles. The van der Waals surface area contributed by atoms with Crippen molar-refractivity contribution in [1.82, 2.24) is 9.97 Å². The fourth-order valence-corrected chi connectivity index (χ4v) is 2.17. The second-order valence-corrected chi connectivity index (χ2v) is 3.91. The second kappa shape index (κ2) is 3.50. The fourth-order valence-electron chi connectivity index (χ4n) is 2.17. The maximum absolute atomic E-state index is 4.40. The predicted octanol–water partition coefficient (Wildman–Crippen LogP) is 2.23. The molecule has 0 atom stereocenters. The summed E-state index contributed by atoms with van der Waals surface area (Å²) in [7, 11) is 0. The molecule has 0 aliphatic carbocycles. The highest BCUT2D eigenvalue weighted by Gasteiger charge is 2.15. The van der Waals surface area contributed by atoms with E-state index in [0.717, 1.165) is 24.4 Å². The summed E-state index contributed by atoms with van der Waals surface area (Å²) in [6.45, 7) is 2.25.